The number of aryl methyl sites for hydroxylation is 5. The van der Waals surface area contributed by atoms with E-state index in [1.54, 1.807) is 26.0 Å². The molecule has 7 N–H and O–H groups in total. The van der Waals surface area contributed by atoms with Gasteiger partial charge in [-0.3, -0.25) is 28.8 Å². The normalized spacial score (nSPS) is 17.8. The fraction of sp³-hybridized carbons (Fsp3) is 0.329. The number of nitrogen functional groups attached to an aromatic ring is 1. The minimum Gasteiger partial charge on any atom is -0.481 e. The first kappa shape index (κ1) is 84.8. The summed E-state index contributed by atoms with van der Waals surface area (Å²) in [6.07, 6.45) is 5.59. The van der Waals surface area contributed by atoms with E-state index in [1.807, 2.05) is 191 Å². The maximum Gasteiger partial charge on any atom is 0.323 e. The smallest absolute Gasteiger partial charge is 0.323 e. The third-order valence-electron chi connectivity index (χ3n) is 18.7. The third-order valence-corrected chi connectivity index (χ3v) is 18.7. The van der Waals surface area contributed by atoms with Gasteiger partial charge in [0.25, 0.3) is 0 Å². The van der Waals surface area contributed by atoms with Crippen molar-refractivity contribution in [2.24, 2.45) is 0 Å². The summed E-state index contributed by atoms with van der Waals surface area (Å²) < 4.78 is 31.7. The number of anilines is 5. The topological polar surface area (TPSA) is 286 Å². The molecule has 21 heteroatoms. The van der Waals surface area contributed by atoms with Crippen LogP contribution in [0.4, 0.5) is 38.0 Å². The fourth-order valence-corrected chi connectivity index (χ4v) is 13.1. The van der Waals surface area contributed by atoms with E-state index in [0.29, 0.717) is 78.4 Å². The number of nitrogens with one attached hydrogen (secondary N) is 4. The molecule has 1 heterocycles. The van der Waals surface area contributed by atoms with Crippen LogP contribution in [0, 0.1) is 21.3 Å². The van der Waals surface area contributed by atoms with Crippen LogP contribution < -0.4 is 27.0 Å². The number of urea groups is 2. The number of ketones is 3. The number of Topliss-reactive ketones (excluding diaryl/α,β-unsaturated/α-hetero) is 3. The number of aliphatic carboxylic acids is 1. The number of esters is 2. The first-order valence-corrected chi connectivity index (χ1v) is 35.2. The second-order valence-corrected chi connectivity index (χ2v) is 25.7. The molecule has 1 fully saturated rings. The first-order valence-electron chi connectivity index (χ1n) is 35.2. The van der Waals surface area contributed by atoms with Gasteiger partial charge in [-0.05, 0) is 208 Å². The van der Waals surface area contributed by atoms with Crippen LogP contribution in [0.2, 0.25) is 0 Å². The average Bonchev–Trinajstić information content (AvgIpc) is 0.799. The van der Waals surface area contributed by atoms with E-state index in [1.165, 1.54) is 34.2 Å². The number of hydrogen-bond acceptors (Lipinski definition) is 15. The van der Waals surface area contributed by atoms with Crippen LogP contribution in [-0.4, -0.2) is 116 Å². The number of hydrogen-bond donors (Lipinski definition) is 6. The second kappa shape index (κ2) is 39.8. The quantitative estimate of drug-likeness (QED) is 0.0201. The Morgan fingerprint density at radius 2 is 0.811 bits per heavy atom. The Morgan fingerprint density at radius 3 is 1.10 bits per heavy atom. The molecule has 4 aliphatic rings. The minimum absolute atomic E-state index is 0. The molecule has 0 saturated carbocycles. The van der Waals surface area contributed by atoms with Crippen molar-refractivity contribution in [1.82, 2.24) is 0 Å². The Bertz CT molecular complexity index is 4350. The second-order valence-electron chi connectivity index (χ2n) is 25.7. The van der Waals surface area contributed by atoms with Crippen molar-refractivity contribution in [3.8, 4) is 33.4 Å². The van der Waals surface area contributed by atoms with Crippen LogP contribution in [0.15, 0.2) is 176 Å². The number of carboxylic acids is 1. The van der Waals surface area contributed by atoms with Crippen LogP contribution in [-0.2, 0) is 79.1 Å². The Balaban J connectivity index is 0.000000236. The van der Waals surface area contributed by atoms with E-state index in [0.717, 1.165) is 79.2 Å². The molecular formula is C85H98FeN5O15-. The molecule has 8 aromatic rings. The van der Waals surface area contributed by atoms with Gasteiger partial charge in [-0.15, -0.1) is 0 Å². The summed E-state index contributed by atoms with van der Waals surface area (Å²) in [6, 6.07) is 54.1. The zero-order valence-corrected chi connectivity index (χ0v) is 63.4. The maximum atomic E-state index is 13.3. The minimum atomic E-state index is -1.31. The number of carboxylic acid groups (broad SMARTS) is 1. The van der Waals surface area contributed by atoms with Crippen molar-refractivity contribution in [3.05, 3.63) is 228 Å². The largest absolute Gasteiger partial charge is 0.481 e. The zero-order valence-electron chi connectivity index (χ0n) is 62.3. The predicted octanol–water partition coefficient (Wildman–Crippen LogP) is 17.1. The van der Waals surface area contributed by atoms with Crippen LogP contribution in [0.25, 0.3) is 33.4 Å². The van der Waals surface area contributed by atoms with Crippen LogP contribution in [0.3, 0.4) is 0 Å². The summed E-state index contributed by atoms with van der Waals surface area (Å²) in [5.74, 6) is -2.54. The summed E-state index contributed by atoms with van der Waals surface area (Å²) >= 11 is 0. The van der Waals surface area contributed by atoms with E-state index in [-0.39, 0.29) is 86.4 Å². The van der Waals surface area contributed by atoms with Crippen molar-refractivity contribution in [1.29, 1.82) is 0 Å². The van der Waals surface area contributed by atoms with E-state index in [9.17, 15) is 43.5 Å². The molecule has 0 aromatic heterocycles. The number of ether oxygens (including phenoxy) is 6. The summed E-state index contributed by atoms with van der Waals surface area (Å²) in [4.78, 5) is 99.2. The van der Waals surface area contributed by atoms with Crippen molar-refractivity contribution in [2.45, 2.75) is 142 Å². The van der Waals surface area contributed by atoms with Gasteiger partial charge < -0.3 is 68.0 Å². The molecule has 562 valence electrons. The van der Waals surface area contributed by atoms with E-state index in [2.05, 4.69) is 28.2 Å². The molecular weight excluding hydrogens is 1390 g/mol. The summed E-state index contributed by atoms with van der Waals surface area (Å²) in [6.45, 7) is 15.1. The van der Waals surface area contributed by atoms with E-state index in [4.69, 9.17) is 34.2 Å². The Labute approximate surface area is 632 Å². The number of carbonyl (C=O) groups is 8. The molecule has 20 nitrogen and oxygen atoms in total. The molecule has 8 aromatic carbocycles. The monoisotopic (exact) mass is 1480 g/mol. The Kier molecular flexibility index (Phi) is 31.9. The zero-order chi connectivity index (χ0) is 75.1. The Hall–Kier alpha value is -10.1. The fourth-order valence-electron chi connectivity index (χ4n) is 13.1. The van der Waals surface area contributed by atoms with Gasteiger partial charge in [0.1, 0.15) is 16.8 Å². The molecule has 0 spiro atoms. The van der Waals surface area contributed by atoms with Crippen LogP contribution >= 0.6 is 0 Å². The summed E-state index contributed by atoms with van der Waals surface area (Å²) in [5.41, 5.74) is 18.1. The number of benzene rings is 8. The number of carbonyl (C=O) groups excluding carboxylic acids is 7. The van der Waals surface area contributed by atoms with Gasteiger partial charge in [0.15, 0.2) is 17.3 Å². The third kappa shape index (κ3) is 22.0. The van der Waals surface area contributed by atoms with Crippen LogP contribution in [0.1, 0.15) is 145 Å². The van der Waals surface area contributed by atoms with E-state index >= 15 is 0 Å². The summed E-state index contributed by atoms with van der Waals surface area (Å²) in [5, 5.41) is 20.5. The van der Waals surface area contributed by atoms with Gasteiger partial charge >= 0.3 is 30.0 Å². The molecule has 0 bridgehead atoms. The van der Waals surface area contributed by atoms with Crippen molar-refractivity contribution in [3.63, 3.8) is 0 Å². The molecule has 12 rings (SSSR count). The first-order chi connectivity index (χ1) is 50.0. The number of methoxy groups -OCH3 is 3. The molecule has 4 atom stereocenters. The molecule has 3 aliphatic carbocycles. The number of fused-ring (bicyclic) bond motifs is 3. The molecule has 4 amide bonds. The predicted molar refractivity (Wildman–Crippen MR) is 412 cm³/mol. The van der Waals surface area contributed by atoms with Crippen LogP contribution in [0.5, 0.6) is 0 Å². The molecule has 1 saturated heterocycles. The SMILES string of the molecule is CC.CC1CCCO1.CCOC(=O)CC1(OC)CCc2cc(-c3ccc(N)cc3)ccc2C1=O.CCOC(=O)CC1(OC)CCc2cc(-c3ccc(NC(=O)Nc4cccc(C)c4)cc3)ccc2C1=O.COC1(CC(=O)O)CCc2cc(-c3ccc(NC(=O)Nc4cccc(C)c4)cc3)ccc2C1=O.[CH3-].[Fe]. The van der Waals surface area contributed by atoms with Gasteiger partial charge in [0.05, 0.1) is 38.6 Å². The van der Waals surface area contributed by atoms with Crippen molar-refractivity contribution < 1.29 is 89.0 Å². The van der Waals surface area contributed by atoms with Crippen molar-refractivity contribution in [2.75, 3.05) is 68.2 Å². The molecule has 1 aliphatic heterocycles. The van der Waals surface area contributed by atoms with Crippen molar-refractivity contribution >= 4 is 75.8 Å². The van der Waals surface area contributed by atoms with Gasteiger partial charge in [0.2, 0.25) is 0 Å². The van der Waals surface area contributed by atoms with Gasteiger partial charge in [-0.2, -0.15) is 0 Å². The molecule has 4 unspecified atom stereocenters. The number of rotatable bonds is 18. The average molecular weight is 1490 g/mol. The number of nitrogens with two attached hydrogens (primary N) is 1. The van der Waals surface area contributed by atoms with Gasteiger partial charge in [-0.25, -0.2) is 9.59 Å². The van der Waals surface area contributed by atoms with Gasteiger partial charge in [0, 0.05) is 90.1 Å². The van der Waals surface area contributed by atoms with Gasteiger partial charge in [-0.1, -0.05) is 129 Å². The number of amides is 4. The maximum absolute atomic E-state index is 13.3. The molecule has 106 heavy (non-hydrogen) atoms. The standard InChI is InChI=1S/C29H30N2O5.C27H26N2O5.C21H23NO4.C5H10O.C2H6.CH3.Fe/c1-4-36-26(32)18-29(35-3)15-14-22-17-21(10-13-25(22)27(29)33)20-8-11-23(12-9-20)30-28(34)31-24-7-5-6-19(2)16-24;1-17-4-3-5-22(14-17)29-26(33)28-21-9-6-18(7-10-21)19-8-11-23-20(15-19)12-13-27(34-2,25(23)32)16-24(30)31;1-3-26-19(23)13-21(25-2)11-10-16-12-15(6-9-18(16)20(21)24)14-4-7-17(22)8-5-14;1-5-3-2-4-6-5;1-2;;/h5-13,16-17H,4,14-15,18H2,1-3H3,(H2,30,31,34);3-11,14-15H,12-13,16H2,1-2H3,(H,30,31)(H2,28,29,33);4-9,12H,3,10-11,13,22H2,1-2H3;5H,2-4H2,1H3;1-2H3;1H3;/q;;;;;-1;. The van der Waals surface area contributed by atoms with E-state index < -0.39 is 34.7 Å². The summed E-state index contributed by atoms with van der Waals surface area (Å²) in [7, 11) is 4.33. The molecule has 0 radical (unpaired) electrons. The Morgan fingerprint density at radius 1 is 0.481 bits per heavy atom.